The van der Waals surface area contributed by atoms with Crippen molar-refractivity contribution in [3.05, 3.63) is 52.1 Å². The van der Waals surface area contributed by atoms with Crippen molar-refractivity contribution in [2.45, 2.75) is 72.5 Å². The Morgan fingerprint density at radius 2 is 1.41 bits per heavy atom. The lowest BCUT2D eigenvalue weighted by atomic mass is 10.0. The van der Waals surface area contributed by atoms with Crippen LogP contribution in [-0.2, 0) is 0 Å². The Morgan fingerprint density at radius 1 is 0.909 bits per heavy atom. The van der Waals surface area contributed by atoms with Crippen molar-refractivity contribution in [1.29, 1.82) is 0 Å². The number of hydrogen-bond donors (Lipinski definition) is 0. The van der Waals surface area contributed by atoms with Gasteiger partial charge in [-0.25, -0.2) is 0 Å². The van der Waals surface area contributed by atoms with Gasteiger partial charge in [0.1, 0.15) is 8.07 Å². The SMILES string of the molecule is CC1=CC(C)([Si](C)(c2cc(C)cc(C)c2)C(C)C)C(C)=C1C. The molecule has 1 aromatic rings. The molecule has 1 aliphatic carbocycles. The first-order valence-corrected chi connectivity index (χ1v) is 11.1. The highest BCUT2D eigenvalue weighted by atomic mass is 28.3. The molecule has 0 saturated carbocycles. The van der Waals surface area contributed by atoms with E-state index in [0.717, 1.165) is 0 Å². The van der Waals surface area contributed by atoms with Crippen LogP contribution in [0.15, 0.2) is 41.0 Å². The third kappa shape index (κ3) is 2.34. The Hall–Kier alpha value is -1.08. The van der Waals surface area contributed by atoms with Crippen LogP contribution in [0.25, 0.3) is 0 Å². The Balaban J connectivity index is 2.75. The highest BCUT2D eigenvalue weighted by molar-refractivity contribution is 6.95. The number of rotatable bonds is 3. The van der Waals surface area contributed by atoms with E-state index in [1.54, 1.807) is 10.8 Å². The number of hydrogen-bond acceptors (Lipinski definition) is 0. The smallest absolute Gasteiger partial charge is 0.0737 e. The quantitative estimate of drug-likeness (QED) is 0.595. The fourth-order valence-electron chi connectivity index (χ4n) is 4.38. The lowest BCUT2D eigenvalue weighted by Crippen LogP contribution is -2.56. The summed E-state index contributed by atoms with van der Waals surface area (Å²) < 4.78 is 0. The lowest BCUT2D eigenvalue weighted by Gasteiger charge is -2.47. The highest BCUT2D eigenvalue weighted by Gasteiger charge is 2.51. The summed E-state index contributed by atoms with van der Waals surface area (Å²) in [6, 6.07) is 7.20. The average molecular weight is 313 g/mol. The zero-order valence-electron chi connectivity index (χ0n) is 15.9. The van der Waals surface area contributed by atoms with E-state index in [0.29, 0.717) is 5.54 Å². The van der Waals surface area contributed by atoms with Gasteiger partial charge in [0.05, 0.1) is 0 Å². The van der Waals surface area contributed by atoms with Gasteiger partial charge in [-0.05, 0) is 45.7 Å². The number of aryl methyl sites for hydroxylation is 2. The summed E-state index contributed by atoms with van der Waals surface area (Å²) >= 11 is 0. The second-order valence-electron chi connectivity index (χ2n) is 8.01. The van der Waals surface area contributed by atoms with E-state index in [1.165, 1.54) is 22.3 Å². The van der Waals surface area contributed by atoms with Crippen LogP contribution < -0.4 is 5.19 Å². The van der Waals surface area contributed by atoms with E-state index in [2.05, 4.69) is 86.2 Å². The molecule has 2 rings (SSSR count). The van der Waals surface area contributed by atoms with Gasteiger partial charge in [-0.2, -0.15) is 0 Å². The van der Waals surface area contributed by atoms with Crippen molar-refractivity contribution in [1.82, 2.24) is 0 Å². The largest absolute Gasteiger partial charge is 0.100 e. The first-order valence-electron chi connectivity index (χ1n) is 8.50. The van der Waals surface area contributed by atoms with Crippen molar-refractivity contribution in [2.24, 2.45) is 0 Å². The minimum Gasteiger partial charge on any atom is -0.0737 e. The fraction of sp³-hybridized carbons (Fsp3) is 0.524. The fourth-order valence-corrected chi connectivity index (χ4v) is 9.39. The molecule has 0 amide bonds. The standard InChI is InChI=1S/C21H32Si/c1-14(2)22(9,20-11-15(3)10-16(4)12-20)21(8)13-17(5)18(6)19(21)7/h10-14H,1-9H3. The zero-order valence-corrected chi connectivity index (χ0v) is 16.9. The molecule has 0 fully saturated rings. The molecule has 22 heavy (non-hydrogen) atoms. The zero-order chi connectivity index (χ0) is 16.9. The summed E-state index contributed by atoms with van der Waals surface area (Å²) in [7, 11) is -1.74. The molecule has 2 atom stereocenters. The van der Waals surface area contributed by atoms with Gasteiger partial charge < -0.3 is 0 Å². The minimum atomic E-state index is -1.74. The molecule has 1 heteroatoms. The van der Waals surface area contributed by atoms with Crippen LogP contribution >= 0.6 is 0 Å². The predicted octanol–water partition coefficient (Wildman–Crippen LogP) is 6.06. The van der Waals surface area contributed by atoms with Gasteiger partial charge in [0.2, 0.25) is 0 Å². The van der Waals surface area contributed by atoms with Gasteiger partial charge in [-0.3, -0.25) is 0 Å². The molecular formula is C21H32Si. The summed E-state index contributed by atoms with van der Waals surface area (Å²) in [4.78, 5) is 0. The predicted molar refractivity (Wildman–Crippen MR) is 103 cm³/mol. The van der Waals surface area contributed by atoms with Gasteiger partial charge in [0, 0.05) is 5.04 Å². The van der Waals surface area contributed by atoms with Crippen LogP contribution in [0.4, 0.5) is 0 Å². The maximum absolute atomic E-state index is 2.60. The summed E-state index contributed by atoms with van der Waals surface area (Å²) in [5.74, 6) is 0. The summed E-state index contributed by atoms with van der Waals surface area (Å²) in [6.45, 7) is 21.3. The highest BCUT2D eigenvalue weighted by Crippen LogP contribution is 2.56. The Morgan fingerprint density at radius 3 is 1.77 bits per heavy atom. The topological polar surface area (TPSA) is 0 Å². The maximum Gasteiger partial charge on any atom is 0.100 e. The monoisotopic (exact) mass is 312 g/mol. The van der Waals surface area contributed by atoms with Gasteiger partial charge in [-0.15, -0.1) is 0 Å². The molecule has 0 spiro atoms. The van der Waals surface area contributed by atoms with Crippen LogP contribution in [0.2, 0.25) is 17.1 Å². The Kier molecular flexibility index (Phi) is 4.34. The van der Waals surface area contributed by atoms with E-state index in [-0.39, 0.29) is 5.04 Å². The van der Waals surface area contributed by atoms with Crippen molar-refractivity contribution >= 4 is 13.3 Å². The molecule has 1 aliphatic rings. The van der Waals surface area contributed by atoms with Gasteiger partial charge in [-0.1, -0.05) is 79.1 Å². The third-order valence-corrected chi connectivity index (χ3v) is 13.0. The van der Waals surface area contributed by atoms with E-state index in [4.69, 9.17) is 0 Å². The Labute approximate surface area is 138 Å². The second-order valence-corrected chi connectivity index (χ2v) is 13.2. The van der Waals surface area contributed by atoms with E-state index in [1.807, 2.05) is 0 Å². The van der Waals surface area contributed by atoms with Gasteiger partial charge in [0.15, 0.2) is 0 Å². The molecule has 0 aromatic heterocycles. The maximum atomic E-state index is 2.60. The van der Waals surface area contributed by atoms with Crippen molar-refractivity contribution in [3.63, 3.8) is 0 Å². The Bertz CT molecular complexity index is 642. The van der Waals surface area contributed by atoms with Crippen molar-refractivity contribution < 1.29 is 0 Å². The van der Waals surface area contributed by atoms with Crippen LogP contribution in [0.1, 0.15) is 52.7 Å². The molecule has 0 nitrogen and oxygen atoms in total. The molecule has 120 valence electrons. The summed E-state index contributed by atoms with van der Waals surface area (Å²) in [6.07, 6.45) is 2.57. The van der Waals surface area contributed by atoms with Gasteiger partial charge in [0.25, 0.3) is 0 Å². The normalized spacial score (nSPS) is 24.7. The first-order chi connectivity index (χ1) is 10.0. The molecule has 2 unspecified atom stereocenters. The molecule has 1 aromatic carbocycles. The molecule has 0 bridgehead atoms. The molecule has 0 saturated heterocycles. The number of allylic oxidation sites excluding steroid dienone is 4. The third-order valence-electron chi connectivity index (χ3n) is 6.49. The van der Waals surface area contributed by atoms with Crippen LogP contribution in [0.3, 0.4) is 0 Å². The average Bonchev–Trinajstić information content (AvgIpc) is 2.61. The van der Waals surface area contributed by atoms with E-state index in [9.17, 15) is 0 Å². The van der Waals surface area contributed by atoms with Crippen molar-refractivity contribution in [3.8, 4) is 0 Å². The summed E-state index contributed by atoms with van der Waals surface area (Å²) in [5.41, 5.74) is 8.07. The van der Waals surface area contributed by atoms with Gasteiger partial charge >= 0.3 is 0 Å². The molecular weight excluding hydrogens is 280 g/mol. The van der Waals surface area contributed by atoms with Crippen LogP contribution in [-0.4, -0.2) is 8.07 Å². The van der Waals surface area contributed by atoms with Crippen LogP contribution in [0.5, 0.6) is 0 Å². The lowest BCUT2D eigenvalue weighted by molar-refractivity contribution is 0.811. The first kappa shape index (κ1) is 17.3. The molecule has 0 radical (unpaired) electrons. The van der Waals surface area contributed by atoms with Crippen molar-refractivity contribution in [2.75, 3.05) is 0 Å². The second kappa shape index (κ2) is 5.52. The van der Waals surface area contributed by atoms with E-state index >= 15 is 0 Å². The minimum absolute atomic E-state index is 0.218. The summed E-state index contributed by atoms with van der Waals surface area (Å²) in [5, 5.41) is 1.83. The van der Waals surface area contributed by atoms with E-state index < -0.39 is 8.07 Å². The number of benzene rings is 1. The molecule has 0 heterocycles. The molecule has 0 N–H and O–H groups in total. The van der Waals surface area contributed by atoms with Crippen LogP contribution in [0, 0.1) is 13.8 Å². The molecule has 0 aliphatic heterocycles.